The summed E-state index contributed by atoms with van der Waals surface area (Å²) in [4.78, 5) is 0. The minimum atomic E-state index is 0.459. The lowest BCUT2D eigenvalue weighted by atomic mass is 9.80. The zero-order valence-electron chi connectivity index (χ0n) is 12.4. The maximum absolute atomic E-state index is 3.87. The van der Waals surface area contributed by atoms with Gasteiger partial charge >= 0.3 is 0 Å². The van der Waals surface area contributed by atoms with E-state index >= 15 is 0 Å². The number of hydrogen-bond donors (Lipinski definition) is 1. The van der Waals surface area contributed by atoms with E-state index < -0.39 is 0 Å². The molecule has 17 heavy (non-hydrogen) atoms. The zero-order chi connectivity index (χ0) is 12.9. The van der Waals surface area contributed by atoms with Crippen molar-refractivity contribution < 1.29 is 0 Å². The summed E-state index contributed by atoms with van der Waals surface area (Å²) in [5.74, 6) is 1.77. The topological polar surface area (TPSA) is 12.0 Å². The van der Waals surface area contributed by atoms with Gasteiger partial charge in [0.1, 0.15) is 0 Å². The Morgan fingerprint density at radius 1 is 1.18 bits per heavy atom. The van der Waals surface area contributed by atoms with Crippen LogP contribution in [0.3, 0.4) is 0 Å². The summed E-state index contributed by atoms with van der Waals surface area (Å²) in [5.41, 5.74) is 0. The predicted molar refractivity (Wildman–Crippen MR) is 80.8 cm³/mol. The molecule has 0 aromatic rings. The average Bonchev–Trinajstić information content (AvgIpc) is 2.35. The molecule has 2 heteroatoms. The molecular formula is C15H31NS. The van der Waals surface area contributed by atoms with Crippen molar-refractivity contribution in [2.45, 2.75) is 70.6 Å². The lowest BCUT2D eigenvalue weighted by Crippen LogP contribution is -2.46. The highest BCUT2D eigenvalue weighted by Gasteiger charge is 2.29. The van der Waals surface area contributed by atoms with Crippen LogP contribution in [-0.2, 0) is 0 Å². The van der Waals surface area contributed by atoms with Gasteiger partial charge in [-0.3, -0.25) is 0 Å². The lowest BCUT2D eigenvalue weighted by Gasteiger charge is -2.37. The molecule has 0 heterocycles. The molecule has 0 saturated heterocycles. The quantitative estimate of drug-likeness (QED) is 0.760. The number of nitrogens with one attached hydrogen (secondary N) is 1. The van der Waals surface area contributed by atoms with Gasteiger partial charge in [-0.15, -0.1) is 0 Å². The summed E-state index contributed by atoms with van der Waals surface area (Å²) in [5, 5.41) is 3.87. The Kier molecular flexibility index (Phi) is 6.36. The fourth-order valence-corrected chi connectivity index (χ4v) is 3.80. The Morgan fingerprint density at radius 3 is 2.35 bits per heavy atom. The van der Waals surface area contributed by atoms with Crippen LogP contribution < -0.4 is 5.32 Å². The van der Waals surface area contributed by atoms with E-state index in [2.05, 4.69) is 39.3 Å². The molecule has 1 aliphatic rings. The van der Waals surface area contributed by atoms with E-state index in [0.717, 1.165) is 17.9 Å². The zero-order valence-corrected chi connectivity index (χ0v) is 13.2. The standard InChI is InChI=1S/C15H31NS/c1-6-15(7-2,17-5)11-16-14-10-12(3)8-9-13(14)4/h12-14,16H,6-11H2,1-5H3. The summed E-state index contributed by atoms with van der Waals surface area (Å²) in [6, 6.07) is 0.753. The van der Waals surface area contributed by atoms with Crippen molar-refractivity contribution in [3.8, 4) is 0 Å². The van der Waals surface area contributed by atoms with E-state index in [-0.39, 0.29) is 0 Å². The highest BCUT2D eigenvalue weighted by Crippen LogP contribution is 2.32. The molecule has 0 aliphatic heterocycles. The molecule has 1 fully saturated rings. The van der Waals surface area contributed by atoms with E-state index in [9.17, 15) is 0 Å². The van der Waals surface area contributed by atoms with Gasteiger partial charge in [0, 0.05) is 17.3 Å². The maximum atomic E-state index is 3.87. The lowest BCUT2D eigenvalue weighted by molar-refractivity contribution is 0.223. The molecule has 0 radical (unpaired) electrons. The molecular weight excluding hydrogens is 226 g/mol. The van der Waals surface area contributed by atoms with Crippen LogP contribution in [0.5, 0.6) is 0 Å². The van der Waals surface area contributed by atoms with E-state index in [4.69, 9.17) is 0 Å². The average molecular weight is 257 g/mol. The fraction of sp³-hybridized carbons (Fsp3) is 1.00. The molecule has 0 bridgehead atoms. The van der Waals surface area contributed by atoms with Gasteiger partial charge in [-0.2, -0.15) is 11.8 Å². The number of hydrogen-bond acceptors (Lipinski definition) is 2. The Labute approximate surface area is 113 Å². The Bertz CT molecular complexity index is 205. The fourth-order valence-electron chi connectivity index (χ4n) is 2.99. The maximum Gasteiger partial charge on any atom is 0.0276 e. The second-order valence-electron chi connectivity index (χ2n) is 5.98. The van der Waals surface area contributed by atoms with E-state index in [1.165, 1.54) is 38.6 Å². The third-order valence-corrected chi connectivity index (χ3v) is 6.45. The first kappa shape index (κ1) is 15.4. The van der Waals surface area contributed by atoms with E-state index in [1.54, 1.807) is 0 Å². The van der Waals surface area contributed by atoms with Crippen LogP contribution in [0.25, 0.3) is 0 Å². The molecule has 0 aromatic carbocycles. The van der Waals surface area contributed by atoms with Gasteiger partial charge in [0.25, 0.3) is 0 Å². The van der Waals surface area contributed by atoms with E-state index in [1.807, 2.05) is 11.8 Å². The summed E-state index contributed by atoms with van der Waals surface area (Å²) in [6.07, 6.45) is 9.02. The summed E-state index contributed by atoms with van der Waals surface area (Å²) in [7, 11) is 0. The molecule has 1 saturated carbocycles. The first-order chi connectivity index (χ1) is 8.06. The SMILES string of the molecule is CCC(CC)(CNC1CC(C)CCC1C)SC. The van der Waals surface area contributed by atoms with Crippen LogP contribution >= 0.6 is 11.8 Å². The molecule has 0 aromatic heterocycles. The smallest absolute Gasteiger partial charge is 0.0276 e. The highest BCUT2D eigenvalue weighted by atomic mass is 32.2. The van der Waals surface area contributed by atoms with Gasteiger partial charge in [-0.25, -0.2) is 0 Å². The van der Waals surface area contributed by atoms with E-state index in [0.29, 0.717) is 4.75 Å². The van der Waals surface area contributed by atoms with Gasteiger partial charge in [-0.1, -0.05) is 34.1 Å². The van der Waals surface area contributed by atoms with Crippen LogP contribution in [0.4, 0.5) is 0 Å². The molecule has 0 spiro atoms. The second kappa shape index (κ2) is 7.04. The van der Waals surface area contributed by atoms with Crippen molar-refractivity contribution in [2.75, 3.05) is 12.8 Å². The molecule has 1 rings (SSSR count). The third-order valence-electron chi connectivity index (χ3n) is 4.87. The van der Waals surface area contributed by atoms with Crippen LogP contribution in [0.15, 0.2) is 0 Å². The summed E-state index contributed by atoms with van der Waals surface area (Å²) >= 11 is 2.05. The Morgan fingerprint density at radius 2 is 1.82 bits per heavy atom. The second-order valence-corrected chi connectivity index (χ2v) is 7.25. The predicted octanol–water partition coefficient (Wildman–Crippen LogP) is 4.32. The molecule has 102 valence electrons. The molecule has 0 amide bonds. The van der Waals surface area contributed by atoms with Crippen LogP contribution in [-0.4, -0.2) is 23.6 Å². The minimum Gasteiger partial charge on any atom is -0.312 e. The largest absolute Gasteiger partial charge is 0.312 e. The molecule has 1 nitrogen and oxygen atoms in total. The van der Waals surface area contributed by atoms with Gasteiger partial charge in [0.2, 0.25) is 0 Å². The van der Waals surface area contributed by atoms with Gasteiger partial charge in [-0.05, 0) is 43.8 Å². The Hall–Kier alpha value is 0.310. The van der Waals surface area contributed by atoms with Gasteiger partial charge < -0.3 is 5.32 Å². The van der Waals surface area contributed by atoms with Crippen molar-refractivity contribution in [3.63, 3.8) is 0 Å². The molecule has 1 N–H and O–H groups in total. The number of thioether (sulfide) groups is 1. The van der Waals surface area contributed by atoms with Crippen molar-refractivity contribution in [1.82, 2.24) is 5.32 Å². The van der Waals surface area contributed by atoms with Crippen molar-refractivity contribution in [2.24, 2.45) is 11.8 Å². The van der Waals surface area contributed by atoms with Crippen LogP contribution in [0.1, 0.15) is 59.8 Å². The monoisotopic (exact) mass is 257 g/mol. The molecule has 3 unspecified atom stereocenters. The van der Waals surface area contributed by atoms with Crippen LogP contribution in [0.2, 0.25) is 0 Å². The third kappa shape index (κ3) is 4.17. The Balaban J connectivity index is 2.47. The van der Waals surface area contributed by atoms with Gasteiger partial charge in [0.15, 0.2) is 0 Å². The normalized spacial score (nSPS) is 30.5. The first-order valence-corrected chi connectivity index (χ1v) is 8.58. The number of rotatable bonds is 6. The first-order valence-electron chi connectivity index (χ1n) is 7.35. The van der Waals surface area contributed by atoms with Crippen molar-refractivity contribution in [3.05, 3.63) is 0 Å². The van der Waals surface area contributed by atoms with Crippen molar-refractivity contribution >= 4 is 11.8 Å². The highest BCUT2D eigenvalue weighted by molar-refractivity contribution is 8.00. The minimum absolute atomic E-state index is 0.459. The molecule has 3 atom stereocenters. The van der Waals surface area contributed by atoms with Gasteiger partial charge in [0.05, 0.1) is 0 Å². The molecule has 1 aliphatic carbocycles. The van der Waals surface area contributed by atoms with Crippen LogP contribution in [0, 0.1) is 11.8 Å². The summed E-state index contributed by atoms with van der Waals surface area (Å²) in [6.45, 7) is 10.7. The van der Waals surface area contributed by atoms with Crippen molar-refractivity contribution in [1.29, 1.82) is 0 Å². The summed E-state index contributed by atoms with van der Waals surface area (Å²) < 4.78 is 0.459.